The normalized spacial score (nSPS) is 18.6. The average Bonchev–Trinajstić information content (AvgIpc) is 2.47. The summed E-state index contributed by atoms with van der Waals surface area (Å²) in [6.07, 6.45) is 9.80. The quantitative estimate of drug-likeness (QED) is 0.407. The molecule has 0 N–H and O–H groups in total. The molecule has 0 radical (unpaired) electrons. The first-order valence-electron chi connectivity index (χ1n) is 6.92. The number of esters is 1. The van der Waals surface area contributed by atoms with Crippen molar-refractivity contribution in [1.82, 2.24) is 4.90 Å². The highest BCUT2D eigenvalue weighted by Gasteiger charge is 2.30. The molecule has 0 aliphatic carbocycles. The second-order valence-electron chi connectivity index (χ2n) is 4.51. The van der Waals surface area contributed by atoms with E-state index in [4.69, 9.17) is 15.9 Å². The summed E-state index contributed by atoms with van der Waals surface area (Å²) in [6.45, 7) is 7.01. The van der Waals surface area contributed by atoms with Gasteiger partial charge in [0.05, 0.1) is 12.7 Å². The molecule has 1 aliphatic heterocycles. The fourth-order valence-electron chi connectivity index (χ4n) is 2.48. The van der Waals surface area contributed by atoms with Crippen molar-refractivity contribution in [1.29, 1.82) is 0 Å². The summed E-state index contributed by atoms with van der Waals surface area (Å²) in [4.78, 5) is 14.0. The topological polar surface area (TPSA) is 38.8 Å². The van der Waals surface area contributed by atoms with Gasteiger partial charge in [0.2, 0.25) is 0 Å². The lowest BCUT2D eigenvalue weighted by molar-refractivity contribution is -0.137. The molecule has 1 rings (SSSR count). The van der Waals surface area contributed by atoms with E-state index in [1.165, 1.54) is 7.11 Å². The lowest BCUT2D eigenvalue weighted by Crippen LogP contribution is -2.41. The van der Waals surface area contributed by atoms with Crippen molar-refractivity contribution < 1.29 is 14.3 Å². The van der Waals surface area contributed by atoms with Gasteiger partial charge in [0, 0.05) is 25.3 Å². The van der Waals surface area contributed by atoms with Crippen LogP contribution in [0.4, 0.5) is 0 Å². The molecule has 0 saturated carbocycles. The summed E-state index contributed by atoms with van der Waals surface area (Å²) < 4.78 is 10.6. The van der Waals surface area contributed by atoms with Gasteiger partial charge in [-0.25, -0.2) is 4.79 Å². The number of ether oxygens (including phenoxy) is 2. The van der Waals surface area contributed by atoms with Crippen LogP contribution in [-0.4, -0.2) is 37.4 Å². The molecular formula is C16H23NO3. The van der Waals surface area contributed by atoms with Gasteiger partial charge in [-0.1, -0.05) is 6.08 Å². The number of nitrogens with zero attached hydrogens (tertiary/aromatic N) is 1. The van der Waals surface area contributed by atoms with Crippen LogP contribution >= 0.6 is 0 Å². The maximum Gasteiger partial charge on any atom is 0.335 e. The second kappa shape index (κ2) is 8.44. The van der Waals surface area contributed by atoms with Crippen LogP contribution in [0.5, 0.6) is 0 Å². The number of carbonyl (C=O) groups is 1. The Balaban J connectivity index is 3.10. The molecule has 4 nitrogen and oxygen atoms in total. The summed E-state index contributed by atoms with van der Waals surface area (Å²) >= 11 is 0. The number of terminal acetylenes is 1. The Labute approximate surface area is 121 Å². The molecule has 1 aliphatic rings. The van der Waals surface area contributed by atoms with E-state index in [1.807, 2.05) is 13.0 Å². The van der Waals surface area contributed by atoms with E-state index in [9.17, 15) is 4.79 Å². The molecule has 1 heterocycles. The van der Waals surface area contributed by atoms with Gasteiger partial charge in [0.15, 0.2) is 0 Å². The van der Waals surface area contributed by atoms with Gasteiger partial charge in [-0.05, 0) is 26.2 Å². The molecular weight excluding hydrogens is 254 g/mol. The Hall–Kier alpha value is -1.73. The van der Waals surface area contributed by atoms with Crippen LogP contribution in [0.1, 0.15) is 32.6 Å². The SMILES string of the molecule is C#CCCC1=C(C(=O)OC)CCC(OCC)N1CC=C. The molecule has 1 unspecified atom stereocenters. The minimum Gasteiger partial charge on any atom is -0.466 e. The van der Waals surface area contributed by atoms with Crippen LogP contribution in [0.2, 0.25) is 0 Å². The van der Waals surface area contributed by atoms with E-state index in [-0.39, 0.29) is 12.2 Å². The first-order chi connectivity index (χ1) is 9.69. The zero-order valence-corrected chi connectivity index (χ0v) is 12.4. The third-order valence-electron chi connectivity index (χ3n) is 3.31. The molecule has 0 amide bonds. The van der Waals surface area contributed by atoms with E-state index in [1.54, 1.807) is 0 Å². The number of allylic oxidation sites excluding steroid dienone is 1. The van der Waals surface area contributed by atoms with Gasteiger partial charge in [-0.2, -0.15) is 0 Å². The Morgan fingerprint density at radius 3 is 2.95 bits per heavy atom. The van der Waals surface area contributed by atoms with E-state index in [0.29, 0.717) is 38.0 Å². The second-order valence-corrected chi connectivity index (χ2v) is 4.51. The first kappa shape index (κ1) is 16.3. The van der Waals surface area contributed by atoms with Gasteiger partial charge >= 0.3 is 5.97 Å². The molecule has 0 bridgehead atoms. The Morgan fingerprint density at radius 1 is 1.65 bits per heavy atom. The molecule has 0 aromatic rings. The minimum absolute atomic E-state index is 0.0285. The predicted molar refractivity (Wildman–Crippen MR) is 78.7 cm³/mol. The van der Waals surface area contributed by atoms with Crippen LogP contribution < -0.4 is 0 Å². The van der Waals surface area contributed by atoms with Crippen LogP contribution in [0.3, 0.4) is 0 Å². The first-order valence-corrected chi connectivity index (χ1v) is 6.92. The van der Waals surface area contributed by atoms with Crippen molar-refractivity contribution in [3.63, 3.8) is 0 Å². The summed E-state index contributed by atoms with van der Waals surface area (Å²) in [7, 11) is 1.40. The number of hydrogen-bond acceptors (Lipinski definition) is 4. The van der Waals surface area contributed by atoms with Crippen molar-refractivity contribution in [2.45, 2.75) is 38.8 Å². The fourth-order valence-corrected chi connectivity index (χ4v) is 2.48. The van der Waals surface area contributed by atoms with Crippen molar-refractivity contribution in [2.24, 2.45) is 0 Å². The molecule has 1 atom stereocenters. The molecule has 4 heteroatoms. The smallest absolute Gasteiger partial charge is 0.335 e. The largest absolute Gasteiger partial charge is 0.466 e. The highest BCUT2D eigenvalue weighted by molar-refractivity contribution is 5.89. The number of rotatable bonds is 7. The van der Waals surface area contributed by atoms with E-state index in [0.717, 1.165) is 12.1 Å². The van der Waals surface area contributed by atoms with Gasteiger partial charge in [0.1, 0.15) is 6.23 Å². The number of hydrogen-bond donors (Lipinski definition) is 0. The van der Waals surface area contributed by atoms with Crippen LogP contribution in [0.15, 0.2) is 23.9 Å². The predicted octanol–water partition coefficient (Wildman–Crippen LogP) is 2.47. The van der Waals surface area contributed by atoms with Crippen LogP contribution in [0.25, 0.3) is 0 Å². The fraction of sp³-hybridized carbons (Fsp3) is 0.562. The van der Waals surface area contributed by atoms with Crippen molar-refractivity contribution in [2.75, 3.05) is 20.3 Å². The number of carbonyl (C=O) groups excluding carboxylic acids is 1. The third kappa shape index (κ3) is 3.88. The molecule has 20 heavy (non-hydrogen) atoms. The van der Waals surface area contributed by atoms with E-state index >= 15 is 0 Å². The standard InChI is InChI=1S/C16H23NO3/c1-5-8-9-14-13(16(18)19-4)10-11-15(20-7-3)17(14)12-6-2/h1,6,15H,2,7-12H2,3-4H3. The Kier molecular flexibility index (Phi) is 6.89. The molecule has 0 saturated heterocycles. The molecule has 110 valence electrons. The highest BCUT2D eigenvalue weighted by atomic mass is 16.5. The van der Waals surface area contributed by atoms with Crippen molar-refractivity contribution >= 4 is 5.97 Å². The van der Waals surface area contributed by atoms with Crippen molar-refractivity contribution in [3.05, 3.63) is 23.9 Å². The lowest BCUT2D eigenvalue weighted by Gasteiger charge is -2.39. The number of methoxy groups -OCH3 is 1. The monoisotopic (exact) mass is 277 g/mol. The summed E-state index contributed by atoms with van der Waals surface area (Å²) in [5, 5.41) is 0. The molecule has 0 fully saturated rings. The van der Waals surface area contributed by atoms with Gasteiger partial charge < -0.3 is 14.4 Å². The third-order valence-corrected chi connectivity index (χ3v) is 3.31. The van der Waals surface area contributed by atoms with Crippen LogP contribution in [0, 0.1) is 12.3 Å². The highest BCUT2D eigenvalue weighted by Crippen LogP contribution is 2.31. The minimum atomic E-state index is -0.277. The molecule has 0 aromatic carbocycles. The van der Waals surface area contributed by atoms with E-state index in [2.05, 4.69) is 17.4 Å². The molecule has 0 aromatic heterocycles. The van der Waals surface area contributed by atoms with Gasteiger partial charge in [-0.15, -0.1) is 18.9 Å². The van der Waals surface area contributed by atoms with E-state index < -0.39 is 0 Å². The lowest BCUT2D eigenvalue weighted by atomic mass is 9.97. The van der Waals surface area contributed by atoms with Crippen molar-refractivity contribution in [3.8, 4) is 12.3 Å². The zero-order valence-electron chi connectivity index (χ0n) is 12.4. The summed E-state index contributed by atoms with van der Waals surface area (Å²) in [5.74, 6) is 2.35. The average molecular weight is 277 g/mol. The Bertz CT molecular complexity index is 420. The maximum absolute atomic E-state index is 11.9. The molecule has 0 spiro atoms. The Morgan fingerprint density at radius 2 is 2.40 bits per heavy atom. The van der Waals surface area contributed by atoms with Crippen LogP contribution in [-0.2, 0) is 14.3 Å². The van der Waals surface area contributed by atoms with Gasteiger partial charge in [0.25, 0.3) is 0 Å². The zero-order chi connectivity index (χ0) is 15.0. The summed E-state index contributed by atoms with van der Waals surface area (Å²) in [6, 6.07) is 0. The summed E-state index contributed by atoms with van der Waals surface area (Å²) in [5.41, 5.74) is 1.64. The van der Waals surface area contributed by atoms with Gasteiger partial charge in [-0.3, -0.25) is 0 Å². The maximum atomic E-state index is 11.9.